The van der Waals surface area contributed by atoms with Crippen molar-refractivity contribution < 1.29 is 0 Å². The summed E-state index contributed by atoms with van der Waals surface area (Å²) in [5.41, 5.74) is 2.27. The summed E-state index contributed by atoms with van der Waals surface area (Å²) in [4.78, 5) is 2.02. The van der Waals surface area contributed by atoms with Gasteiger partial charge in [-0.25, -0.2) is 0 Å². The second-order valence-corrected chi connectivity index (χ2v) is 2.37. The lowest BCUT2D eigenvalue weighted by molar-refractivity contribution is 0.525. The molecule has 0 radical (unpaired) electrons. The summed E-state index contributed by atoms with van der Waals surface area (Å²) in [6, 6.07) is 0. The first kappa shape index (κ1) is 9.02. The highest BCUT2D eigenvalue weighted by atomic mass is 15.1. The fraction of sp³-hybridized carbons (Fsp3) is 0.333. The van der Waals surface area contributed by atoms with Crippen molar-refractivity contribution >= 4 is 0 Å². The van der Waals surface area contributed by atoms with Crippen LogP contribution < -0.4 is 0 Å². The van der Waals surface area contributed by atoms with Crippen LogP contribution in [-0.4, -0.2) is 19.0 Å². The minimum Gasteiger partial charge on any atom is -0.377 e. The minimum atomic E-state index is 1.12. The Morgan fingerprint density at radius 1 is 1.20 bits per heavy atom. The summed E-state index contributed by atoms with van der Waals surface area (Å²) in [6.45, 7) is 9.40. The molecule has 0 amide bonds. The summed E-state index contributed by atoms with van der Waals surface area (Å²) >= 11 is 0. The summed E-state index contributed by atoms with van der Waals surface area (Å²) in [5, 5.41) is 0. The van der Waals surface area contributed by atoms with E-state index in [1.165, 1.54) is 0 Å². The normalized spacial score (nSPS) is 11.9. The molecule has 56 valence electrons. The molecule has 1 nitrogen and oxygen atoms in total. The third-order valence-corrected chi connectivity index (χ3v) is 1.39. The van der Waals surface area contributed by atoms with Gasteiger partial charge in [0.15, 0.2) is 0 Å². The predicted molar refractivity (Wildman–Crippen MR) is 46.8 cm³/mol. The van der Waals surface area contributed by atoms with E-state index in [2.05, 4.69) is 13.2 Å². The van der Waals surface area contributed by atoms with Gasteiger partial charge in [0.1, 0.15) is 0 Å². The lowest BCUT2D eigenvalue weighted by Gasteiger charge is -2.15. The van der Waals surface area contributed by atoms with E-state index in [4.69, 9.17) is 0 Å². The van der Waals surface area contributed by atoms with E-state index in [-0.39, 0.29) is 0 Å². The van der Waals surface area contributed by atoms with Gasteiger partial charge in [-0.2, -0.15) is 0 Å². The van der Waals surface area contributed by atoms with Crippen LogP contribution in [0.15, 0.2) is 36.6 Å². The average molecular weight is 137 g/mol. The summed E-state index contributed by atoms with van der Waals surface area (Å²) < 4.78 is 0. The Labute approximate surface area is 63.3 Å². The number of hydrogen-bond donors (Lipinski definition) is 0. The standard InChI is InChI=1S/C9H15N/c1-6-8(3)9(7-2)10(4)5/h6-7H,1-2H2,3-5H3/b9-8+. The molecule has 0 saturated heterocycles. The van der Waals surface area contributed by atoms with Gasteiger partial charge in [0, 0.05) is 19.8 Å². The molecule has 0 aromatic rings. The zero-order chi connectivity index (χ0) is 8.15. The summed E-state index contributed by atoms with van der Waals surface area (Å²) in [5.74, 6) is 0. The monoisotopic (exact) mass is 137 g/mol. The van der Waals surface area contributed by atoms with Crippen molar-refractivity contribution in [1.82, 2.24) is 4.90 Å². The molecule has 0 aliphatic rings. The van der Waals surface area contributed by atoms with Crippen molar-refractivity contribution in [1.29, 1.82) is 0 Å². The van der Waals surface area contributed by atoms with Crippen LogP contribution in [0.2, 0.25) is 0 Å². The van der Waals surface area contributed by atoms with Gasteiger partial charge in [-0.15, -0.1) is 0 Å². The molecular weight excluding hydrogens is 122 g/mol. The van der Waals surface area contributed by atoms with Crippen LogP contribution in [0.1, 0.15) is 6.92 Å². The SMILES string of the molecule is C=C/C(C)=C(\C=C)N(C)C. The van der Waals surface area contributed by atoms with E-state index in [0.717, 1.165) is 11.3 Å². The molecule has 0 aliphatic heterocycles. The predicted octanol–water partition coefficient (Wildman–Crippen LogP) is 2.19. The van der Waals surface area contributed by atoms with Crippen LogP contribution >= 0.6 is 0 Å². The molecule has 10 heavy (non-hydrogen) atoms. The van der Waals surface area contributed by atoms with E-state index in [9.17, 15) is 0 Å². The maximum absolute atomic E-state index is 3.70. The second-order valence-electron chi connectivity index (χ2n) is 2.37. The lowest BCUT2D eigenvalue weighted by Crippen LogP contribution is -2.10. The summed E-state index contributed by atoms with van der Waals surface area (Å²) in [7, 11) is 3.98. The van der Waals surface area contributed by atoms with Gasteiger partial charge in [-0.1, -0.05) is 19.2 Å². The van der Waals surface area contributed by atoms with E-state index in [0.29, 0.717) is 0 Å². The van der Waals surface area contributed by atoms with Gasteiger partial charge < -0.3 is 4.90 Å². The van der Waals surface area contributed by atoms with Gasteiger partial charge in [0.25, 0.3) is 0 Å². The Morgan fingerprint density at radius 2 is 1.70 bits per heavy atom. The zero-order valence-corrected chi connectivity index (χ0v) is 7.02. The molecule has 1 heteroatoms. The fourth-order valence-electron chi connectivity index (χ4n) is 0.801. The third-order valence-electron chi connectivity index (χ3n) is 1.39. The van der Waals surface area contributed by atoms with Crippen molar-refractivity contribution in [2.24, 2.45) is 0 Å². The summed E-state index contributed by atoms with van der Waals surface area (Å²) in [6.07, 6.45) is 3.66. The molecule has 0 saturated carbocycles. The Hall–Kier alpha value is -0.980. The van der Waals surface area contributed by atoms with Crippen molar-refractivity contribution in [2.75, 3.05) is 14.1 Å². The molecule has 0 N–H and O–H groups in total. The van der Waals surface area contributed by atoms with E-state index in [1.54, 1.807) is 0 Å². The zero-order valence-electron chi connectivity index (χ0n) is 7.02. The van der Waals surface area contributed by atoms with E-state index < -0.39 is 0 Å². The number of rotatable bonds is 3. The molecule has 0 aromatic carbocycles. The fourth-order valence-corrected chi connectivity index (χ4v) is 0.801. The maximum atomic E-state index is 3.70. The van der Waals surface area contributed by atoms with Gasteiger partial charge in [-0.3, -0.25) is 0 Å². The van der Waals surface area contributed by atoms with E-state index in [1.807, 2.05) is 38.1 Å². The first-order valence-electron chi connectivity index (χ1n) is 3.26. The van der Waals surface area contributed by atoms with Crippen LogP contribution in [-0.2, 0) is 0 Å². The first-order chi connectivity index (χ1) is 4.63. The van der Waals surface area contributed by atoms with Crippen LogP contribution in [0, 0.1) is 0 Å². The molecule has 0 fully saturated rings. The highest BCUT2D eigenvalue weighted by molar-refractivity contribution is 5.27. The molecular formula is C9H15N. The molecule has 0 rings (SSSR count). The number of allylic oxidation sites excluding steroid dienone is 3. The molecule has 0 bridgehead atoms. The highest BCUT2D eigenvalue weighted by Crippen LogP contribution is 2.07. The van der Waals surface area contributed by atoms with Crippen LogP contribution in [0.4, 0.5) is 0 Å². The number of nitrogens with zero attached hydrogens (tertiary/aromatic N) is 1. The smallest absolute Gasteiger partial charge is 0.0384 e. The first-order valence-corrected chi connectivity index (χ1v) is 3.26. The Kier molecular flexibility index (Phi) is 3.55. The minimum absolute atomic E-state index is 1.12. The molecule has 0 aromatic heterocycles. The largest absolute Gasteiger partial charge is 0.377 e. The van der Waals surface area contributed by atoms with Gasteiger partial charge in [0.2, 0.25) is 0 Å². The van der Waals surface area contributed by atoms with Gasteiger partial charge in [-0.05, 0) is 18.6 Å². The van der Waals surface area contributed by atoms with Crippen molar-refractivity contribution in [3.8, 4) is 0 Å². The van der Waals surface area contributed by atoms with Gasteiger partial charge in [0.05, 0.1) is 0 Å². The molecule has 0 atom stereocenters. The molecule has 0 spiro atoms. The molecule has 0 aliphatic carbocycles. The average Bonchev–Trinajstić information content (AvgIpc) is 1.88. The highest BCUT2D eigenvalue weighted by Gasteiger charge is 1.95. The Balaban J connectivity index is 4.61. The lowest BCUT2D eigenvalue weighted by atomic mass is 10.2. The quantitative estimate of drug-likeness (QED) is 0.539. The second kappa shape index (κ2) is 3.94. The molecule has 0 heterocycles. The number of likely N-dealkylation sites (N-methyl/N-ethyl adjacent to an activating group) is 1. The van der Waals surface area contributed by atoms with Gasteiger partial charge >= 0.3 is 0 Å². The van der Waals surface area contributed by atoms with Crippen LogP contribution in [0.3, 0.4) is 0 Å². The molecule has 0 unspecified atom stereocenters. The third kappa shape index (κ3) is 2.09. The van der Waals surface area contributed by atoms with E-state index >= 15 is 0 Å². The Bertz CT molecular complexity index is 164. The van der Waals surface area contributed by atoms with Crippen molar-refractivity contribution in [2.45, 2.75) is 6.92 Å². The van der Waals surface area contributed by atoms with Crippen LogP contribution in [0.5, 0.6) is 0 Å². The Morgan fingerprint density at radius 3 is 1.80 bits per heavy atom. The maximum Gasteiger partial charge on any atom is 0.0384 e. The van der Waals surface area contributed by atoms with Crippen LogP contribution in [0.25, 0.3) is 0 Å². The topological polar surface area (TPSA) is 3.24 Å². The number of hydrogen-bond acceptors (Lipinski definition) is 1. The van der Waals surface area contributed by atoms with Crippen molar-refractivity contribution in [3.63, 3.8) is 0 Å². The van der Waals surface area contributed by atoms with Crippen molar-refractivity contribution in [3.05, 3.63) is 36.6 Å².